The van der Waals surface area contributed by atoms with Gasteiger partial charge in [0.05, 0.1) is 23.3 Å². The second-order valence-electron chi connectivity index (χ2n) is 8.44. The summed E-state index contributed by atoms with van der Waals surface area (Å²) in [5, 5.41) is 21.9. The number of aryl methyl sites for hydroxylation is 1. The van der Waals surface area contributed by atoms with Crippen LogP contribution in [-0.4, -0.2) is 41.8 Å². The largest absolute Gasteiger partial charge is 0.573 e. The van der Waals surface area contributed by atoms with Gasteiger partial charge in [-0.25, -0.2) is 4.68 Å². The average Bonchev–Trinajstić information content (AvgIpc) is 3.40. The van der Waals surface area contributed by atoms with E-state index >= 15 is 0 Å². The predicted octanol–water partition coefficient (Wildman–Crippen LogP) is 5.86. The fraction of sp³-hybridized carbons (Fsp3) is 0.261. The summed E-state index contributed by atoms with van der Waals surface area (Å²) in [6.07, 6.45) is -3.40. The molecule has 4 aromatic rings. The molecular formula is C23H19BrF5N5O2. The van der Waals surface area contributed by atoms with Crippen LogP contribution in [0.1, 0.15) is 19.5 Å². The van der Waals surface area contributed by atoms with E-state index in [4.69, 9.17) is 0 Å². The molecule has 1 N–H and O–H groups in total. The van der Waals surface area contributed by atoms with Gasteiger partial charge in [-0.2, -0.15) is 13.9 Å². The Hall–Kier alpha value is -3.32. The minimum absolute atomic E-state index is 0.312. The van der Waals surface area contributed by atoms with Gasteiger partial charge in [0.25, 0.3) is 0 Å². The molecule has 0 fully saturated rings. The summed E-state index contributed by atoms with van der Waals surface area (Å²) >= 11 is 3.39. The van der Waals surface area contributed by atoms with Crippen molar-refractivity contribution in [3.8, 4) is 34.0 Å². The molecule has 2 aromatic heterocycles. The number of halogens is 6. The highest BCUT2D eigenvalue weighted by Crippen LogP contribution is 2.40. The van der Waals surface area contributed by atoms with Gasteiger partial charge >= 0.3 is 12.3 Å². The van der Waals surface area contributed by atoms with Crippen molar-refractivity contribution in [1.29, 1.82) is 0 Å². The first-order valence-corrected chi connectivity index (χ1v) is 11.2. The van der Waals surface area contributed by atoms with Crippen molar-refractivity contribution in [3.05, 3.63) is 64.9 Å². The van der Waals surface area contributed by atoms with Gasteiger partial charge in [-0.1, -0.05) is 21.1 Å². The minimum Gasteiger partial charge on any atom is -0.406 e. The van der Waals surface area contributed by atoms with Crippen LogP contribution in [-0.2, 0) is 13.0 Å². The second kappa shape index (κ2) is 8.96. The zero-order chi connectivity index (χ0) is 26.5. The molecule has 0 spiro atoms. The van der Waals surface area contributed by atoms with Crippen LogP contribution in [0.25, 0.3) is 28.2 Å². The first kappa shape index (κ1) is 25.8. The molecule has 4 rings (SSSR count). The lowest BCUT2D eigenvalue weighted by molar-refractivity contribution is -0.274. The summed E-state index contributed by atoms with van der Waals surface area (Å²) in [4.78, 5) is 0. The Balaban J connectivity index is 1.80. The van der Waals surface area contributed by atoms with Crippen LogP contribution in [0.4, 0.5) is 22.0 Å². The zero-order valence-corrected chi connectivity index (χ0v) is 20.6. The lowest BCUT2D eigenvalue weighted by Crippen LogP contribution is -2.40. The van der Waals surface area contributed by atoms with Crippen molar-refractivity contribution < 1.29 is 31.8 Å². The standard InChI is InChI=1S/C23H19BrF5N5O2/c1-21(2,35)22(25,26)20-11-17(33(3)31-20)16-9-6-14(24)10-18(16)34-19(12-30-32-34)13-4-7-15(8-5-13)36-23(27,28)29/h4-12,35H,1-3H3. The topological polar surface area (TPSA) is 78.0 Å². The highest BCUT2D eigenvalue weighted by atomic mass is 79.9. The highest BCUT2D eigenvalue weighted by molar-refractivity contribution is 9.10. The quantitative estimate of drug-likeness (QED) is 0.293. The lowest BCUT2D eigenvalue weighted by Gasteiger charge is -2.27. The Morgan fingerprint density at radius 1 is 0.944 bits per heavy atom. The molecule has 0 aliphatic rings. The van der Waals surface area contributed by atoms with Gasteiger partial charge < -0.3 is 9.84 Å². The third-order valence-electron chi connectivity index (χ3n) is 5.37. The van der Waals surface area contributed by atoms with Gasteiger partial charge in [0, 0.05) is 22.6 Å². The van der Waals surface area contributed by atoms with Crippen molar-refractivity contribution in [1.82, 2.24) is 24.8 Å². The summed E-state index contributed by atoms with van der Waals surface area (Å²) in [6.45, 7) is 2.00. The molecule has 0 saturated carbocycles. The van der Waals surface area contributed by atoms with Gasteiger partial charge in [-0.05, 0) is 62.4 Å². The SMILES string of the molecule is Cn1nc(C(F)(F)C(C)(C)O)cc1-c1ccc(Br)cc1-n1nncc1-c1ccc(OC(F)(F)F)cc1. The predicted molar refractivity (Wildman–Crippen MR) is 124 cm³/mol. The normalized spacial score (nSPS) is 12.7. The third-order valence-corrected chi connectivity index (χ3v) is 5.86. The van der Waals surface area contributed by atoms with Crippen LogP contribution >= 0.6 is 15.9 Å². The van der Waals surface area contributed by atoms with E-state index in [2.05, 4.69) is 36.1 Å². The number of nitrogens with zero attached hydrogens (tertiary/aromatic N) is 5. The maximum absolute atomic E-state index is 14.8. The van der Waals surface area contributed by atoms with Gasteiger partial charge in [0.1, 0.15) is 17.0 Å². The molecule has 190 valence electrons. The van der Waals surface area contributed by atoms with E-state index in [1.165, 1.54) is 40.8 Å². The fourth-order valence-corrected chi connectivity index (χ4v) is 3.87. The molecular weight excluding hydrogens is 553 g/mol. The fourth-order valence-electron chi connectivity index (χ4n) is 3.52. The van der Waals surface area contributed by atoms with Crippen LogP contribution < -0.4 is 4.74 Å². The summed E-state index contributed by atoms with van der Waals surface area (Å²) in [6, 6.07) is 11.4. The molecule has 0 amide bonds. The molecule has 7 nitrogen and oxygen atoms in total. The van der Waals surface area contributed by atoms with Crippen LogP contribution in [0.5, 0.6) is 5.75 Å². The Morgan fingerprint density at radius 3 is 2.22 bits per heavy atom. The molecule has 0 unspecified atom stereocenters. The zero-order valence-electron chi connectivity index (χ0n) is 19.1. The van der Waals surface area contributed by atoms with E-state index in [-0.39, 0.29) is 5.75 Å². The van der Waals surface area contributed by atoms with Crippen LogP contribution in [0.15, 0.2) is 59.2 Å². The second-order valence-corrected chi connectivity index (χ2v) is 9.35. The molecule has 2 aromatic carbocycles. The smallest absolute Gasteiger partial charge is 0.406 e. The van der Waals surface area contributed by atoms with Crippen molar-refractivity contribution in [2.45, 2.75) is 31.7 Å². The Bertz CT molecular complexity index is 1390. The molecule has 0 bridgehead atoms. The number of ether oxygens (including phenoxy) is 1. The number of alkyl halides is 5. The number of rotatable bonds is 6. The molecule has 0 aliphatic heterocycles. The number of hydrogen-bond acceptors (Lipinski definition) is 5. The maximum atomic E-state index is 14.8. The van der Waals surface area contributed by atoms with Gasteiger partial charge in [0.15, 0.2) is 0 Å². The first-order chi connectivity index (χ1) is 16.7. The summed E-state index contributed by atoms with van der Waals surface area (Å²) in [7, 11) is 1.49. The number of aliphatic hydroxyl groups is 1. The monoisotopic (exact) mass is 571 g/mol. The molecule has 0 atom stereocenters. The van der Waals surface area contributed by atoms with Crippen LogP contribution in [0.3, 0.4) is 0 Å². The van der Waals surface area contributed by atoms with Crippen LogP contribution in [0, 0.1) is 0 Å². The van der Waals surface area contributed by atoms with E-state index in [1.54, 1.807) is 18.2 Å². The van der Waals surface area contributed by atoms with E-state index in [0.29, 0.717) is 32.7 Å². The van der Waals surface area contributed by atoms with Crippen molar-refractivity contribution in [2.75, 3.05) is 0 Å². The van der Waals surface area contributed by atoms with E-state index in [0.717, 1.165) is 26.0 Å². The van der Waals surface area contributed by atoms with Gasteiger partial charge in [-0.15, -0.1) is 18.3 Å². The molecule has 0 radical (unpaired) electrons. The summed E-state index contributed by atoms with van der Waals surface area (Å²) < 4.78 is 74.3. The Labute approximate surface area is 210 Å². The summed E-state index contributed by atoms with van der Waals surface area (Å²) in [5.41, 5.74) is -0.824. The van der Waals surface area contributed by atoms with Crippen molar-refractivity contribution in [3.63, 3.8) is 0 Å². The third kappa shape index (κ3) is 4.98. The van der Waals surface area contributed by atoms with Gasteiger partial charge in [0.2, 0.25) is 0 Å². The first-order valence-electron chi connectivity index (χ1n) is 10.4. The molecule has 13 heteroatoms. The number of aromatic nitrogens is 5. The van der Waals surface area contributed by atoms with E-state index < -0.39 is 23.6 Å². The number of hydrogen-bond donors (Lipinski definition) is 1. The Kier molecular flexibility index (Phi) is 6.41. The average molecular weight is 572 g/mol. The lowest BCUT2D eigenvalue weighted by atomic mass is 9.97. The number of benzene rings is 2. The highest BCUT2D eigenvalue weighted by Gasteiger charge is 2.49. The Morgan fingerprint density at radius 2 is 1.61 bits per heavy atom. The van der Waals surface area contributed by atoms with Crippen LogP contribution in [0.2, 0.25) is 0 Å². The van der Waals surface area contributed by atoms with Crippen molar-refractivity contribution in [2.24, 2.45) is 7.05 Å². The summed E-state index contributed by atoms with van der Waals surface area (Å²) in [5.74, 6) is -4.01. The van der Waals surface area contributed by atoms with Gasteiger partial charge in [-0.3, -0.25) is 4.68 Å². The van der Waals surface area contributed by atoms with E-state index in [1.807, 2.05) is 0 Å². The van der Waals surface area contributed by atoms with Crippen molar-refractivity contribution >= 4 is 15.9 Å². The molecule has 0 aliphatic carbocycles. The van der Waals surface area contributed by atoms with E-state index in [9.17, 15) is 27.1 Å². The molecule has 0 saturated heterocycles. The minimum atomic E-state index is -4.82. The molecule has 36 heavy (non-hydrogen) atoms. The maximum Gasteiger partial charge on any atom is 0.573 e. The molecule has 2 heterocycles.